The average molecular weight is 245 g/mol. The van der Waals surface area contributed by atoms with Crippen molar-refractivity contribution >= 4 is 16.9 Å². The molecule has 1 atom stereocenters. The van der Waals surface area contributed by atoms with Crippen molar-refractivity contribution in [2.45, 2.75) is 25.5 Å². The number of benzene rings is 1. The summed E-state index contributed by atoms with van der Waals surface area (Å²) in [5, 5.41) is 3.94. The summed E-state index contributed by atoms with van der Waals surface area (Å²) in [6.45, 7) is 1.17. The zero-order valence-corrected chi connectivity index (χ0v) is 10.0. The Bertz CT molecular complexity index is 555. The standard InChI is InChI=1S/C14H15NO3/c16-14(13-6-3-7-17-13)15-8-10-9-18-12-5-2-1-4-11(10)12/h1-2,4-5,9,13H,3,6-8H2,(H,15,16)/t13-/m0/s1. The average Bonchev–Trinajstić information content (AvgIpc) is 3.06. The van der Waals surface area contributed by atoms with E-state index in [1.807, 2.05) is 24.3 Å². The maximum atomic E-state index is 11.8. The van der Waals surface area contributed by atoms with Crippen LogP contribution in [0.2, 0.25) is 0 Å². The summed E-state index contributed by atoms with van der Waals surface area (Å²) in [4.78, 5) is 11.8. The summed E-state index contributed by atoms with van der Waals surface area (Å²) in [5.41, 5.74) is 1.84. The van der Waals surface area contributed by atoms with Crippen molar-refractivity contribution in [1.82, 2.24) is 5.32 Å². The van der Waals surface area contributed by atoms with Crippen molar-refractivity contribution in [1.29, 1.82) is 0 Å². The van der Waals surface area contributed by atoms with E-state index >= 15 is 0 Å². The van der Waals surface area contributed by atoms with Crippen molar-refractivity contribution in [3.8, 4) is 0 Å². The highest BCUT2D eigenvalue weighted by molar-refractivity contribution is 5.83. The Kier molecular flexibility index (Phi) is 3.02. The van der Waals surface area contributed by atoms with E-state index in [-0.39, 0.29) is 12.0 Å². The molecule has 1 saturated heterocycles. The van der Waals surface area contributed by atoms with E-state index < -0.39 is 0 Å². The SMILES string of the molecule is O=C(NCc1coc2ccccc12)[C@@H]1CCCO1. The first-order chi connectivity index (χ1) is 8.84. The van der Waals surface area contributed by atoms with Crippen LogP contribution in [0.25, 0.3) is 11.0 Å². The number of carbonyl (C=O) groups is 1. The first-order valence-electron chi connectivity index (χ1n) is 6.19. The largest absolute Gasteiger partial charge is 0.464 e. The van der Waals surface area contributed by atoms with Crippen LogP contribution in [0.3, 0.4) is 0 Å². The van der Waals surface area contributed by atoms with E-state index in [1.54, 1.807) is 6.26 Å². The first kappa shape index (κ1) is 11.3. The van der Waals surface area contributed by atoms with Crippen LogP contribution in [-0.2, 0) is 16.1 Å². The van der Waals surface area contributed by atoms with Gasteiger partial charge in [0.25, 0.3) is 0 Å². The maximum Gasteiger partial charge on any atom is 0.249 e. The molecule has 0 spiro atoms. The molecule has 0 bridgehead atoms. The minimum Gasteiger partial charge on any atom is -0.464 e. The lowest BCUT2D eigenvalue weighted by molar-refractivity contribution is -0.130. The second-order valence-electron chi connectivity index (χ2n) is 4.48. The third-order valence-corrected chi connectivity index (χ3v) is 3.24. The predicted octanol–water partition coefficient (Wildman–Crippen LogP) is 2.23. The Balaban J connectivity index is 1.67. The number of fused-ring (bicyclic) bond motifs is 1. The molecule has 18 heavy (non-hydrogen) atoms. The topological polar surface area (TPSA) is 51.5 Å². The minimum absolute atomic E-state index is 0.0298. The highest BCUT2D eigenvalue weighted by Gasteiger charge is 2.23. The molecular weight excluding hydrogens is 230 g/mol. The van der Waals surface area contributed by atoms with Crippen molar-refractivity contribution < 1.29 is 13.9 Å². The molecule has 1 aliphatic heterocycles. The molecule has 1 N–H and O–H groups in total. The van der Waals surface area contributed by atoms with E-state index in [0.29, 0.717) is 13.2 Å². The van der Waals surface area contributed by atoms with E-state index in [0.717, 1.165) is 29.4 Å². The van der Waals surface area contributed by atoms with Gasteiger partial charge >= 0.3 is 0 Å². The number of ether oxygens (including phenoxy) is 1. The molecule has 0 unspecified atom stereocenters. The summed E-state index contributed by atoms with van der Waals surface area (Å²) in [7, 11) is 0. The molecule has 2 aromatic rings. The third-order valence-electron chi connectivity index (χ3n) is 3.24. The number of nitrogens with one attached hydrogen (secondary N) is 1. The Morgan fingerprint density at radius 1 is 1.39 bits per heavy atom. The molecule has 0 radical (unpaired) electrons. The van der Waals surface area contributed by atoms with E-state index in [9.17, 15) is 4.79 Å². The summed E-state index contributed by atoms with van der Waals surface area (Å²) in [6.07, 6.45) is 3.20. The number of carbonyl (C=O) groups excluding carboxylic acids is 1. The van der Waals surface area contributed by atoms with Crippen LogP contribution < -0.4 is 5.32 Å². The molecule has 4 nitrogen and oxygen atoms in total. The fourth-order valence-electron chi connectivity index (χ4n) is 2.25. The highest BCUT2D eigenvalue weighted by atomic mass is 16.5. The molecular formula is C14H15NO3. The first-order valence-corrected chi connectivity index (χ1v) is 6.19. The van der Waals surface area contributed by atoms with Crippen molar-refractivity contribution in [2.75, 3.05) is 6.61 Å². The van der Waals surface area contributed by atoms with E-state index in [4.69, 9.17) is 9.15 Å². The highest BCUT2D eigenvalue weighted by Crippen LogP contribution is 2.20. The zero-order valence-electron chi connectivity index (χ0n) is 10.0. The molecule has 1 amide bonds. The molecule has 1 aromatic carbocycles. The van der Waals surface area contributed by atoms with Crippen molar-refractivity contribution in [2.24, 2.45) is 0 Å². The molecule has 1 aromatic heterocycles. The second-order valence-corrected chi connectivity index (χ2v) is 4.48. The van der Waals surface area contributed by atoms with Gasteiger partial charge in [-0.05, 0) is 18.9 Å². The van der Waals surface area contributed by atoms with Gasteiger partial charge in [0.15, 0.2) is 0 Å². The number of furan rings is 1. The molecule has 3 rings (SSSR count). The molecule has 0 aliphatic carbocycles. The predicted molar refractivity (Wildman–Crippen MR) is 67.0 cm³/mol. The molecule has 1 aliphatic rings. The lowest BCUT2D eigenvalue weighted by Gasteiger charge is -2.09. The Morgan fingerprint density at radius 2 is 2.28 bits per heavy atom. The molecule has 4 heteroatoms. The molecule has 94 valence electrons. The summed E-state index contributed by atoms with van der Waals surface area (Å²) in [6, 6.07) is 7.80. The molecule has 0 saturated carbocycles. The molecule has 1 fully saturated rings. The van der Waals surface area contributed by atoms with Gasteiger partial charge in [-0.25, -0.2) is 0 Å². The fraction of sp³-hybridized carbons (Fsp3) is 0.357. The van der Waals surface area contributed by atoms with Crippen LogP contribution in [0.5, 0.6) is 0 Å². The lowest BCUT2D eigenvalue weighted by atomic mass is 10.1. The van der Waals surface area contributed by atoms with Crippen LogP contribution in [0, 0.1) is 0 Å². The van der Waals surface area contributed by atoms with Gasteiger partial charge in [-0.15, -0.1) is 0 Å². The van der Waals surface area contributed by atoms with Crippen molar-refractivity contribution in [3.63, 3.8) is 0 Å². The fourth-order valence-corrected chi connectivity index (χ4v) is 2.25. The van der Waals surface area contributed by atoms with Crippen LogP contribution in [0.4, 0.5) is 0 Å². The van der Waals surface area contributed by atoms with E-state index in [2.05, 4.69) is 5.32 Å². The Labute approximate surface area is 105 Å². The van der Waals surface area contributed by atoms with E-state index in [1.165, 1.54) is 0 Å². The van der Waals surface area contributed by atoms with Gasteiger partial charge in [0.05, 0.1) is 6.26 Å². The van der Waals surface area contributed by atoms with Crippen LogP contribution >= 0.6 is 0 Å². The second kappa shape index (κ2) is 4.82. The van der Waals surface area contributed by atoms with Crippen LogP contribution in [0.15, 0.2) is 34.9 Å². The van der Waals surface area contributed by atoms with Gasteiger partial charge in [0.1, 0.15) is 11.7 Å². The normalized spacial score (nSPS) is 19.2. The third kappa shape index (κ3) is 2.11. The number of para-hydroxylation sites is 1. The Hall–Kier alpha value is -1.81. The van der Waals surface area contributed by atoms with Gasteiger partial charge < -0.3 is 14.5 Å². The maximum absolute atomic E-state index is 11.8. The molecule has 2 heterocycles. The van der Waals surface area contributed by atoms with Gasteiger partial charge in [-0.2, -0.15) is 0 Å². The summed E-state index contributed by atoms with van der Waals surface area (Å²) < 4.78 is 10.8. The van der Waals surface area contributed by atoms with Gasteiger partial charge in [0.2, 0.25) is 5.91 Å². The number of hydrogen-bond donors (Lipinski definition) is 1. The monoisotopic (exact) mass is 245 g/mol. The van der Waals surface area contributed by atoms with Crippen molar-refractivity contribution in [3.05, 3.63) is 36.1 Å². The summed E-state index contributed by atoms with van der Waals surface area (Å²) in [5.74, 6) is -0.0298. The van der Waals surface area contributed by atoms with Gasteiger partial charge in [-0.1, -0.05) is 18.2 Å². The number of amides is 1. The number of hydrogen-bond acceptors (Lipinski definition) is 3. The van der Waals surface area contributed by atoms with Gasteiger partial charge in [0, 0.05) is 24.1 Å². The minimum atomic E-state index is -0.275. The van der Waals surface area contributed by atoms with Crippen LogP contribution in [0.1, 0.15) is 18.4 Å². The smallest absolute Gasteiger partial charge is 0.249 e. The Morgan fingerprint density at radius 3 is 3.11 bits per heavy atom. The lowest BCUT2D eigenvalue weighted by Crippen LogP contribution is -2.33. The quantitative estimate of drug-likeness (QED) is 0.902. The zero-order chi connectivity index (χ0) is 12.4. The van der Waals surface area contributed by atoms with Crippen LogP contribution in [-0.4, -0.2) is 18.6 Å². The van der Waals surface area contributed by atoms with Gasteiger partial charge in [-0.3, -0.25) is 4.79 Å². The summed E-state index contributed by atoms with van der Waals surface area (Å²) >= 11 is 0. The number of rotatable bonds is 3.